The highest BCUT2D eigenvalue weighted by Gasteiger charge is 2.52. The van der Waals surface area contributed by atoms with Gasteiger partial charge in [-0.25, -0.2) is 9.97 Å². The monoisotopic (exact) mass is 476 g/mol. The molecule has 34 heavy (non-hydrogen) atoms. The quantitative estimate of drug-likeness (QED) is 0.633. The molecule has 2 fully saturated rings. The van der Waals surface area contributed by atoms with Crippen LogP contribution in [0, 0.1) is 0 Å². The Morgan fingerprint density at radius 3 is 2.12 bits per heavy atom. The standard InChI is InChI=1S/C23H28BF3N4O3/c1-21(2)22(3,4)34-24(33-21)18-8-6-5-7-16(18)13-19(32)30-9-11-31(12-10-30)20-28-14-17(15-29-20)23(25,26)27/h5-8,14-15H,9-13H2,1-4H3. The highest BCUT2D eigenvalue weighted by molar-refractivity contribution is 6.62. The van der Waals surface area contributed by atoms with Crippen LogP contribution in [0.5, 0.6) is 0 Å². The summed E-state index contributed by atoms with van der Waals surface area (Å²) in [5.41, 5.74) is -0.159. The first kappa shape index (κ1) is 24.5. The van der Waals surface area contributed by atoms with Gasteiger partial charge in [-0.2, -0.15) is 13.2 Å². The highest BCUT2D eigenvalue weighted by Crippen LogP contribution is 2.36. The molecule has 1 amide bonds. The van der Waals surface area contributed by atoms with Crippen LogP contribution in [-0.2, 0) is 26.7 Å². The van der Waals surface area contributed by atoms with Crippen LogP contribution < -0.4 is 10.4 Å². The van der Waals surface area contributed by atoms with Crippen molar-refractivity contribution in [2.45, 2.75) is 51.5 Å². The molecule has 1 aromatic carbocycles. The van der Waals surface area contributed by atoms with Gasteiger partial charge in [0.25, 0.3) is 0 Å². The van der Waals surface area contributed by atoms with Gasteiger partial charge in [0.1, 0.15) is 0 Å². The molecule has 7 nitrogen and oxygen atoms in total. The van der Waals surface area contributed by atoms with Gasteiger partial charge in [0.15, 0.2) is 0 Å². The Kier molecular flexibility index (Phi) is 6.37. The molecule has 0 aliphatic carbocycles. The summed E-state index contributed by atoms with van der Waals surface area (Å²) < 4.78 is 50.5. The molecule has 0 saturated carbocycles. The zero-order chi connectivity index (χ0) is 24.7. The number of amides is 1. The first-order valence-electron chi connectivity index (χ1n) is 11.2. The molecule has 182 valence electrons. The van der Waals surface area contributed by atoms with Crippen LogP contribution in [0.15, 0.2) is 36.7 Å². The molecule has 2 saturated heterocycles. The molecule has 0 unspecified atom stereocenters. The smallest absolute Gasteiger partial charge is 0.399 e. The lowest BCUT2D eigenvalue weighted by atomic mass is 9.75. The summed E-state index contributed by atoms with van der Waals surface area (Å²) in [4.78, 5) is 24.3. The third-order valence-electron chi connectivity index (χ3n) is 6.78. The van der Waals surface area contributed by atoms with Crippen LogP contribution in [0.25, 0.3) is 0 Å². The van der Waals surface area contributed by atoms with Crippen molar-refractivity contribution in [1.82, 2.24) is 14.9 Å². The number of hydrogen-bond acceptors (Lipinski definition) is 6. The predicted molar refractivity (Wildman–Crippen MR) is 122 cm³/mol. The van der Waals surface area contributed by atoms with Crippen molar-refractivity contribution in [1.29, 1.82) is 0 Å². The third kappa shape index (κ3) is 4.90. The van der Waals surface area contributed by atoms with Gasteiger partial charge < -0.3 is 19.1 Å². The highest BCUT2D eigenvalue weighted by atomic mass is 19.4. The number of aromatic nitrogens is 2. The second-order valence-corrected chi connectivity index (χ2v) is 9.60. The lowest BCUT2D eigenvalue weighted by Gasteiger charge is -2.35. The van der Waals surface area contributed by atoms with Crippen molar-refractivity contribution in [3.05, 3.63) is 47.8 Å². The van der Waals surface area contributed by atoms with E-state index in [1.54, 1.807) is 9.80 Å². The number of benzene rings is 1. The normalized spacial score (nSPS) is 20.0. The average Bonchev–Trinajstić information content (AvgIpc) is 3.00. The van der Waals surface area contributed by atoms with Gasteiger partial charge in [-0.15, -0.1) is 0 Å². The van der Waals surface area contributed by atoms with Crippen molar-refractivity contribution in [3.8, 4) is 0 Å². The summed E-state index contributed by atoms with van der Waals surface area (Å²) in [6.45, 7) is 9.69. The van der Waals surface area contributed by atoms with Gasteiger partial charge in [-0.1, -0.05) is 24.3 Å². The van der Waals surface area contributed by atoms with E-state index in [2.05, 4.69) is 9.97 Å². The van der Waals surface area contributed by atoms with Crippen LogP contribution in [0.1, 0.15) is 38.8 Å². The van der Waals surface area contributed by atoms with E-state index in [1.165, 1.54) is 0 Å². The van der Waals surface area contributed by atoms with Crippen LogP contribution in [0.4, 0.5) is 19.1 Å². The van der Waals surface area contributed by atoms with Crippen LogP contribution in [0.3, 0.4) is 0 Å². The average molecular weight is 476 g/mol. The van der Waals surface area contributed by atoms with Crippen molar-refractivity contribution in [2.24, 2.45) is 0 Å². The molecule has 4 rings (SSSR count). The maximum Gasteiger partial charge on any atom is 0.495 e. The fourth-order valence-corrected chi connectivity index (χ4v) is 3.96. The van der Waals surface area contributed by atoms with Crippen molar-refractivity contribution < 1.29 is 27.3 Å². The van der Waals surface area contributed by atoms with E-state index in [9.17, 15) is 18.0 Å². The summed E-state index contributed by atoms with van der Waals surface area (Å²) in [5.74, 6) is 0.197. The lowest BCUT2D eigenvalue weighted by molar-refractivity contribution is -0.138. The number of alkyl halides is 3. The van der Waals surface area contributed by atoms with E-state index in [0.29, 0.717) is 26.2 Å². The summed E-state index contributed by atoms with van der Waals surface area (Å²) in [6.07, 6.45) is -2.70. The minimum Gasteiger partial charge on any atom is -0.399 e. The zero-order valence-electron chi connectivity index (χ0n) is 19.7. The van der Waals surface area contributed by atoms with Crippen molar-refractivity contribution >= 4 is 24.4 Å². The third-order valence-corrected chi connectivity index (χ3v) is 6.78. The number of piperazine rings is 1. The molecule has 0 atom stereocenters. The number of rotatable bonds is 4. The first-order chi connectivity index (χ1) is 15.9. The number of carbonyl (C=O) groups excluding carboxylic acids is 1. The Labute approximate surface area is 197 Å². The predicted octanol–water partition coefficient (Wildman–Crippen LogP) is 2.69. The van der Waals surface area contributed by atoms with Crippen LogP contribution in [0.2, 0.25) is 0 Å². The van der Waals surface area contributed by atoms with E-state index < -0.39 is 30.1 Å². The fraction of sp³-hybridized carbons (Fsp3) is 0.522. The molecule has 0 N–H and O–H groups in total. The largest absolute Gasteiger partial charge is 0.495 e. The Morgan fingerprint density at radius 2 is 1.56 bits per heavy atom. The van der Waals surface area contributed by atoms with E-state index in [4.69, 9.17) is 9.31 Å². The fourth-order valence-electron chi connectivity index (χ4n) is 3.96. The second-order valence-electron chi connectivity index (χ2n) is 9.60. The Balaban J connectivity index is 1.38. The van der Waals surface area contributed by atoms with E-state index in [-0.39, 0.29) is 18.3 Å². The number of anilines is 1. The maximum atomic E-state index is 13.1. The Hall–Kier alpha value is -2.66. The molecule has 2 aliphatic heterocycles. The Bertz CT molecular complexity index is 1020. The molecule has 2 aliphatic rings. The molecule has 2 aromatic rings. The second kappa shape index (κ2) is 8.85. The minimum atomic E-state index is -4.47. The van der Waals surface area contributed by atoms with Gasteiger partial charge in [-0.3, -0.25) is 4.79 Å². The maximum absolute atomic E-state index is 13.1. The molecule has 0 bridgehead atoms. The SMILES string of the molecule is CC1(C)OB(c2ccccc2CC(=O)N2CCN(c3ncc(C(F)(F)F)cn3)CC2)OC1(C)C. The molecule has 0 radical (unpaired) electrons. The lowest BCUT2D eigenvalue weighted by Crippen LogP contribution is -2.50. The topological polar surface area (TPSA) is 67.8 Å². The van der Waals surface area contributed by atoms with E-state index in [1.807, 2.05) is 52.0 Å². The Morgan fingerprint density at radius 1 is 1.00 bits per heavy atom. The first-order valence-corrected chi connectivity index (χ1v) is 11.2. The number of hydrogen-bond donors (Lipinski definition) is 0. The molecular weight excluding hydrogens is 448 g/mol. The van der Waals surface area contributed by atoms with Crippen molar-refractivity contribution in [2.75, 3.05) is 31.1 Å². The minimum absolute atomic E-state index is 0.0306. The molecule has 11 heteroatoms. The van der Waals surface area contributed by atoms with Gasteiger partial charge in [0.05, 0.1) is 23.2 Å². The summed E-state index contributed by atoms with van der Waals surface area (Å²) >= 11 is 0. The van der Waals surface area contributed by atoms with Gasteiger partial charge >= 0.3 is 13.3 Å². The summed E-state index contributed by atoms with van der Waals surface area (Å²) in [5, 5.41) is 0. The van der Waals surface area contributed by atoms with E-state index >= 15 is 0 Å². The molecule has 3 heterocycles. The molecule has 1 aromatic heterocycles. The van der Waals surface area contributed by atoms with Gasteiger partial charge in [0.2, 0.25) is 11.9 Å². The van der Waals surface area contributed by atoms with Crippen LogP contribution >= 0.6 is 0 Å². The van der Waals surface area contributed by atoms with E-state index in [0.717, 1.165) is 23.4 Å². The summed E-state index contributed by atoms with van der Waals surface area (Å²) in [7, 11) is -0.553. The number of nitrogens with zero attached hydrogens (tertiary/aromatic N) is 4. The summed E-state index contributed by atoms with van der Waals surface area (Å²) in [6, 6.07) is 7.61. The molecule has 0 spiro atoms. The number of halogens is 3. The van der Waals surface area contributed by atoms with Crippen molar-refractivity contribution in [3.63, 3.8) is 0 Å². The zero-order valence-corrected chi connectivity index (χ0v) is 19.7. The number of carbonyl (C=O) groups is 1. The van der Waals surface area contributed by atoms with Gasteiger partial charge in [-0.05, 0) is 38.7 Å². The van der Waals surface area contributed by atoms with Crippen LogP contribution in [-0.4, -0.2) is 65.3 Å². The van der Waals surface area contributed by atoms with Gasteiger partial charge in [0, 0.05) is 38.6 Å². The molecular formula is C23H28BF3N4O3.